The van der Waals surface area contributed by atoms with E-state index in [4.69, 9.17) is 26.6 Å². The molecule has 7 nitrogen and oxygen atoms in total. The van der Waals surface area contributed by atoms with E-state index in [-0.39, 0.29) is 18.7 Å². The summed E-state index contributed by atoms with van der Waals surface area (Å²) < 4.78 is 4.72. The SMILES string of the molecule is CCOC(=O)Nc1ccc(Cl)cc1CC(C(=O)O)C(=O)O. The molecule has 0 aliphatic carbocycles. The van der Waals surface area contributed by atoms with Gasteiger partial charge in [0.15, 0.2) is 5.92 Å². The highest BCUT2D eigenvalue weighted by Crippen LogP contribution is 2.24. The Morgan fingerprint density at radius 3 is 2.43 bits per heavy atom. The average Bonchev–Trinajstić information content (AvgIpc) is 2.38. The number of hydrogen-bond acceptors (Lipinski definition) is 4. The number of benzene rings is 1. The van der Waals surface area contributed by atoms with Crippen molar-refractivity contribution < 1.29 is 29.3 Å². The van der Waals surface area contributed by atoms with Crippen LogP contribution in [-0.4, -0.2) is 34.9 Å². The summed E-state index contributed by atoms with van der Waals surface area (Å²) in [6, 6.07) is 4.35. The molecule has 1 rings (SSSR count). The van der Waals surface area contributed by atoms with Gasteiger partial charge < -0.3 is 14.9 Å². The Balaban J connectivity index is 3.03. The Morgan fingerprint density at radius 2 is 1.90 bits per heavy atom. The van der Waals surface area contributed by atoms with E-state index < -0.39 is 23.9 Å². The minimum atomic E-state index is -1.63. The summed E-state index contributed by atoms with van der Waals surface area (Å²) in [4.78, 5) is 33.3. The van der Waals surface area contributed by atoms with Gasteiger partial charge in [-0.05, 0) is 37.1 Å². The van der Waals surface area contributed by atoms with Crippen molar-refractivity contribution in [2.45, 2.75) is 13.3 Å². The Morgan fingerprint density at radius 1 is 1.29 bits per heavy atom. The summed E-state index contributed by atoms with van der Waals surface area (Å²) in [5.74, 6) is -4.57. The van der Waals surface area contributed by atoms with Crippen LogP contribution in [0, 0.1) is 5.92 Å². The molecule has 0 unspecified atom stereocenters. The molecule has 0 heterocycles. The van der Waals surface area contributed by atoms with Crippen molar-refractivity contribution in [2.75, 3.05) is 11.9 Å². The zero-order chi connectivity index (χ0) is 16.0. The molecule has 114 valence electrons. The number of carboxylic acid groups (broad SMARTS) is 2. The van der Waals surface area contributed by atoms with E-state index in [1.165, 1.54) is 18.2 Å². The van der Waals surface area contributed by atoms with Crippen LogP contribution < -0.4 is 5.32 Å². The van der Waals surface area contributed by atoms with Crippen molar-refractivity contribution in [3.05, 3.63) is 28.8 Å². The fraction of sp³-hybridized carbons (Fsp3) is 0.308. The lowest BCUT2D eigenvalue weighted by molar-refractivity contribution is -0.154. The van der Waals surface area contributed by atoms with Crippen LogP contribution in [0.25, 0.3) is 0 Å². The number of ether oxygens (including phenoxy) is 1. The topological polar surface area (TPSA) is 113 Å². The smallest absolute Gasteiger partial charge is 0.411 e. The van der Waals surface area contributed by atoms with Crippen molar-refractivity contribution in [2.24, 2.45) is 5.92 Å². The molecular formula is C13H14ClNO6. The number of carboxylic acids is 2. The third kappa shape index (κ3) is 4.96. The summed E-state index contributed by atoms with van der Waals surface area (Å²) >= 11 is 5.82. The molecule has 0 bridgehead atoms. The Kier molecular flexibility index (Phi) is 5.98. The number of anilines is 1. The van der Waals surface area contributed by atoms with Crippen molar-refractivity contribution in [1.82, 2.24) is 0 Å². The first-order valence-corrected chi connectivity index (χ1v) is 6.40. The van der Waals surface area contributed by atoms with Gasteiger partial charge in [-0.3, -0.25) is 14.9 Å². The lowest BCUT2D eigenvalue weighted by atomic mass is 9.98. The fourth-order valence-corrected chi connectivity index (χ4v) is 1.83. The second-order valence-electron chi connectivity index (χ2n) is 4.08. The van der Waals surface area contributed by atoms with Crippen LogP contribution in [0.5, 0.6) is 0 Å². The van der Waals surface area contributed by atoms with Gasteiger partial charge in [0.2, 0.25) is 0 Å². The molecule has 0 aliphatic heterocycles. The largest absolute Gasteiger partial charge is 0.481 e. The predicted octanol–water partition coefficient (Wildman–Crippen LogP) is 2.24. The fourth-order valence-electron chi connectivity index (χ4n) is 1.63. The van der Waals surface area contributed by atoms with Gasteiger partial charge in [-0.1, -0.05) is 11.6 Å². The molecule has 0 spiro atoms. The number of carbonyl (C=O) groups is 3. The van der Waals surface area contributed by atoms with Crippen molar-refractivity contribution >= 4 is 35.3 Å². The molecule has 8 heteroatoms. The normalized spacial score (nSPS) is 10.2. The highest BCUT2D eigenvalue weighted by atomic mass is 35.5. The molecule has 0 aromatic heterocycles. The average molecular weight is 316 g/mol. The molecule has 1 aromatic rings. The van der Waals surface area contributed by atoms with E-state index in [1.807, 2.05) is 0 Å². The zero-order valence-corrected chi connectivity index (χ0v) is 11.9. The third-order valence-electron chi connectivity index (χ3n) is 2.60. The predicted molar refractivity (Wildman–Crippen MR) is 74.6 cm³/mol. The Labute approximate surface area is 125 Å². The molecule has 0 radical (unpaired) electrons. The van der Waals surface area contributed by atoms with Gasteiger partial charge in [0.1, 0.15) is 0 Å². The second kappa shape index (κ2) is 7.49. The molecule has 0 saturated heterocycles. The molecule has 1 aromatic carbocycles. The van der Waals surface area contributed by atoms with E-state index in [2.05, 4.69) is 5.32 Å². The number of nitrogens with one attached hydrogen (secondary N) is 1. The lowest BCUT2D eigenvalue weighted by Crippen LogP contribution is -2.26. The number of halogens is 1. The molecular weight excluding hydrogens is 302 g/mol. The number of carbonyl (C=O) groups excluding carboxylic acids is 1. The molecule has 3 N–H and O–H groups in total. The molecule has 1 amide bonds. The van der Waals surface area contributed by atoms with Crippen molar-refractivity contribution in [1.29, 1.82) is 0 Å². The van der Waals surface area contributed by atoms with Gasteiger partial charge in [0, 0.05) is 10.7 Å². The minimum absolute atomic E-state index is 0.168. The van der Waals surface area contributed by atoms with Crippen molar-refractivity contribution in [3.8, 4) is 0 Å². The quantitative estimate of drug-likeness (QED) is 0.694. The number of amides is 1. The van der Waals surface area contributed by atoms with E-state index in [0.717, 1.165) is 0 Å². The van der Waals surface area contributed by atoms with Crippen LogP contribution in [0.1, 0.15) is 12.5 Å². The van der Waals surface area contributed by atoms with E-state index in [9.17, 15) is 14.4 Å². The summed E-state index contributed by atoms with van der Waals surface area (Å²) in [7, 11) is 0. The van der Waals surface area contributed by atoms with Crippen molar-refractivity contribution in [3.63, 3.8) is 0 Å². The van der Waals surface area contributed by atoms with Gasteiger partial charge in [-0.15, -0.1) is 0 Å². The van der Waals surface area contributed by atoms with E-state index in [0.29, 0.717) is 10.6 Å². The third-order valence-corrected chi connectivity index (χ3v) is 2.83. The monoisotopic (exact) mass is 315 g/mol. The summed E-state index contributed by atoms with van der Waals surface area (Å²) in [6.07, 6.45) is -1.03. The summed E-state index contributed by atoms with van der Waals surface area (Å²) in [5.41, 5.74) is 0.552. The number of rotatable bonds is 6. The summed E-state index contributed by atoms with van der Waals surface area (Å²) in [6.45, 7) is 1.80. The first-order chi connectivity index (χ1) is 9.85. The second-order valence-corrected chi connectivity index (χ2v) is 4.52. The van der Waals surface area contributed by atoms with Gasteiger partial charge in [-0.25, -0.2) is 4.79 Å². The summed E-state index contributed by atoms with van der Waals surface area (Å²) in [5, 5.41) is 20.5. The number of aliphatic carboxylic acids is 2. The molecule has 0 saturated carbocycles. The van der Waals surface area contributed by atoms with E-state index in [1.54, 1.807) is 6.92 Å². The lowest BCUT2D eigenvalue weighted by Gasteiger charge is -2.13. The minimum Gasteiger partial charge on any atom is -0.481 e. The maximum Gasteiger partial charge on any atom is 0.411 e. The molecule has 0 atom stereocenters. The van der Waals surface area contributed by atoms with Crippen LogP contribution in [0.4, 0.5) is 10.5 Å². The van der Waals surface area contributed by atoms with Gasteiger partial charge >= 0.3 is 18.0 Å². The molecule has 0 aliphatic rings. The molecule has 0 fully saturated rings. The zero-order valence-electron chi connectivity index (χ0n) is 11.1. The number of hydrogen-bond donors (Lipinski definition) is 3. The highest BCUT2D eigenvalue weighted by Gasteiger charge is 2.27. The van der Waals surface area contributed by atoms with Crippen LogP contribution in [0.15, 0.2) is 18.2 Å². The first kappa shape index (κ1) is 16.8. The van der Waals surface area contributed by atoms with Gasteiger partial charge in [-0.2, -0.15) is 0 Å². The van der Waals surface area contributed by atoms with Crippen LogP contribution in [0.3, 0.4) is 0 Å². The van der Waals surface area contributed by atoms with Crippen LogP contribution in [0.2, 0.25) is 5.02 Å². The van der Waals surface area contributed by atoms with Crippen LogP contribution >= 0.6 is 11.6 Å². The Hall–Kier alpha value is -2.28. The highest BCUT2D eigenvalue weighted by molar-refractivity contribution is 6.30. The van der Waals surface area contributed by atoms with Crippen LogP contribution in [-0.2, 0) is 20.7 Å². The van der Waals surface area contributed by atoms with Gasteiger partial charge in [0.05, 0.1) is 6.61 Å². The maximum absolute atomic E-state index is 11.4. The molecule has 21 heavy (non-hydrogen) atoms. The van der Waals surface area contributed by atoms with E-state index >= 15 is 0 Å². The van der Waals surface area contributed by atoms with Gasteiger partial charge in [0.25, 0.3) is 0 Å². The standard InChI is InChI=1S/C13H14ClNO6/c1-2-21-13(20)15-10-4-3-8(14)5-7(10)6-9(11(16)17)12(18)19/h3-5,9H,2,6H2,1H3,(H,15,20)(H,16,17)(H,18,19). The Bertz CT molecular complexity index is 546. The first-order valence-electron chi connectivity index (χ1n) is 6.03. The maximum atomic E-state index is 11.4.